The van der Waals surface area contributed by atoms with Crippen molar-refractivity contribution in [2.45, 2.75) is 25.7 Å². The molecule has 3 rings (SSSR count). The molecule has 2 aromatic rings. The third-order valence-electron chi connectivity index (χ3n) is 4.16. The Morgan fingerprint density at radius 1 is 0.905 bits per heavy atom. The number of allylic oxidation sites excluding steroid dienone is 1. The fourth-order valence-electron chi connectivity index (χ4n) is 3.06. The third-order valence-corrected chi connectivity index (χ3v) is 4.16. The van der Waals surface area contributed by atoms with Crippen molar-refractivity contribution < 1.29 is 4.79 Å². The highest BCUT2D eigenvalue weighted by Crippen LogP contribution is 2.34. The number of hydrogen-bond donors (Lipinski definition) is 0. The molecule has 0 N–H and O–H groups in total. The van der Waals surface area contributed by atoms with Crippen LogP contribution >= 0.6 is 0 Å². The topological polar surface area (TPSA) is 17.1 Å². The maximum Gasteiger partial charge on any atom is 0.140 e. The van der Waals surface area contributed by atoms with Crippen LogP contribution in [0, 0.1) is 5.92 Å². The Kier molecular flexibility index (Phi) is 4.30. The second-order valence-electron chi connectivity index (χ2n) is 5.64. The van der Waals surface area contributed by atoms with E-state index in [1.54, 1.807) is 0 Å². The molecule has 1 aliphatic carbocycles. The van der Waals surface area contributed by atoms with Gasteiger partial charge in [-0.15, -0.1) is 0 Å². The van der Waals surface area contributed by atoms with Crippen LogP contribution in [0.1, 0.15) is 36.8 Å². The van der Waals surface area contributed by atoms with Gasteiger partial charge in [-0.25, -0.2) is 0 Å². The molecule has 1 atom stereocenters. The Morgan fingerprint density at radius 3 is 2.24 bits per heavy atom. The van der Waals surface area contributed by atoms with Gasteiger partial charge in [0.2, 0.25) is 0 Å². The largest absolute Gasteiger partial charge is 0.299 e. The Balaban J connectivity index is 2.03. The van der Waals surface area contributed by atoms with Gasteiger partial charge in [0.05, 0.1) is 0 Å². The van der Waals surface area contributed by atoms with E-state index in [0.717, 1.165) is 31.2 Å². The molecule has 1 heteroatoms. The molecule has 1 nitrogen and oxygen atoms in total. The van der Waals surface area contributed by atoms with Crippen molar-refractivity contribution in [3.05, 3.63) is 71.8 Å². The lowest BCUT2D eigenvalue weighted by atomic mass is 9.79. The molecular weight excluding hydrogens is 256 g/mol. The molecule has 0 aliphatic heterocycles. The van der Waals surface area contributed by atoms with Crippen molar-refractivity contribution in [3.8, 4) is 0 Å². The van der Waals surface area contributed by atoms with Crippen LogP contribution in [0.3, 0.4) is 0 Å². The molecule has 1 saturated carbocycles. The lowest BCUT2D eigenvalue weighted by molar-refractivity contribution is -0.122. The lowest BCUT2D eigenvalue weighted by Gasteiger charge is -2.24. The fraction of sp³-hybridized carbons (Fsp3) is 0.250. The summed E-state index contributed by atoms with van der Waals surface area (Å²) in [6, 6.07) is 20.6. The molecule has 0 radical (unpaired) electrons. The molecule has 0 saturated heterocycles. The van der Waals surface area contributed by atoms with E-state index in [4.69, 9.17) is 0 Å². The van der Waals surface area contributed by atoms with Crippen molar-refractivity contribution in [1.82, 2.24) is 0 Å². The zero-order chi connectivity index (χ0) is 14.5. The van der Waals surface area contributed by atoms with Gasteiger partial charge in [0.1, 0.15) is 5.78 Å². The summed E-state index contributed by atoms with van der Waals surface area (Å²) in [5.41, 5.74) is 3.50. The molecule has 1 aliphatic rings. The van der Waals surface area contributed by atoms with Gasteiger partial charge in [-0.1, -0.05) is 73.2 Å². The van der Waals surface area contributed by atoms with Gasteiger partial charge in [-0.2, -0.15) is 0 Å². The van der Waals surface area contributed by atoms with Crippen molar-refractivity contribution in [1.29, 1.82) is 0 Å². The smallest absolute Gasteiger partial charge is 0.140 e. The Labute approximate surface area is 126 Å². The van der Waals surface area contributed by atoms with Gasteiger partial charge in [-0.05, 0) is 29.5 Å². The quantitative estimate of drug-likeness (QED) is 0.722. The average Bonchev–Trinajstić information content (AvgIpc) is 2.55. The van der Waals surface area contributed by atoms with Crippen LogP contribution in [-0.2, 0) is 4.79 Å². The summed E-state index contributed by atoms with van der Waals surface area (Å²) in [7, 11) is 0. The van der Waals surface area contributed by atoms with Crippen LogP contribution in [0.25, 0.3) is 11.6 Å². The Bertz CT molecular complexity index is 625. The number of carbonyl (C=O) groups excluding carboxylic acids is 1. The molecular formula is C20H20O. The second kappa shape index (κ2) is 6.53. The summed E-state index contributed by atoms with van der Waals surface area (Å²) in [5.74, 6) is 0.452. The number of carbonyl (C=O) groups is 1. The first-order valence-corrected chi connectivity index (χ1v) is 7.69. The van der Waals surface area contributed by atoms with Crippen LogP contribution in [-0.4, -0.2) is 5.78 Å². The zero-order valence-corrected chi connectivity index (χ0v) is 12.2. The van der Waals surface area contributed by atoms with Gasteiger partial charge in [0, 0.05) is 12.3 Å². The first-order chi connectivity index (χ1) is 10.3. The molecule has 2 aromatic carbocycles. The van der Waals surface area contributed by atoms with Gasteiger partial charge >= 0.3 is 0 Å². The van der Waals surface area contributed by atoms with E-state index in [2.05, 4.69) is 30.3 Å². The van der Waals surface area contributed by atoms with E-state index >= 15 is 0 Å². The molecule has 0 bridgehead atoms. The summed E-state index contributed by atoms with van der Waals surface area (Å²) in [6.45, 7) is 0. The van der Waals surface area contributed by atoms with Crippen LogP contribution in [0.2, 0.25) is 0 Å². The highest BCUT2D eigenvalue weighted by Gasteiger charge is 2.26. The summed E-state index contributed by atoms with van der Waals surface area (Å²) in [4.78, 5) is 12.4. The van der Waals surface area contributed by atoms with Crippen LogP contribution in [0.5, 0.6) is 0 Å². The van der Waals surface area contributed by atoms with Crippen molar-refractivity contribution in [2.24, 2.45) is 5.92 Å². The molecule has 0 amide bonds. The number of ketones is 1. The fourth-order valence-corrected chi connectivity index (χ4v) is 3.06. The van der Waals surface area contributed by atoms with Gasteiger partial charge in [-0.3, -0.25) is 4.79 Å². The molecule has 106 valence electrons. The maximum absolute atomic E-state index is 12.4. The molecule has 0 aromatic heterocycles. The maximum atomic E-state index is 12.4. The molecule has 1 unspecified atom stereocenters. The van der Waals surface area contributed by atoms with Crippen molar-refractivity contribution >= 4 is 17.4 Å². The van der Waals surface area contributed by atoms with E-state index < -0.39 is 0 Å². The van der Waals surface area contributed by atoms with Crippen LogP contribution < -0.4 is 0 Å². The highest BCUT2D eigenvalue weighted by atomic mass is 16.1. The predicted molar refractivity (Wildman–Crippen MR) is 87.7 cm³/mol. The van der Waals surface area contributed by atoms with E-state index in [-0.39, 0.29) is 5.92 Å². The lowest BCUT2D eigenvalue weighted by Crippen LogP contribution is -2.20. The minimum Gasteiger partial charge on any atom is -0.299 e. The minimum atomic E-state index is 0.0568. The van der Waals surface area contributed by atoms with E-state index in [1.807, 2.05) is 36.4 Å². The number of Topliss-reactive ketones (excluding diaryl/α,β-unsaturated/α-hetero) is 1. The van der Waals surface area contributed by atoms with Crippen LogP contribution in [0.4, 0.5) is 0 Å². The zero-order valence-electron chi connectivity index (χ0n) is 12.2. The van der Waals surface area contributed by atoms with Gasteiger partial charge in [0.15, 0.2) is 0 Å². The number of rotatable bonds is 3. The van der Waals surface area contributed by atoms with E-state index in [9.17, 15) is 4.79 Å². The second-order valence-corrected chi connectivity index (χ2v) is 5.64. The van der Waals surface area contributed by atoms with Gasteiger partial charge in [0.25, 0.3) is 0 Å². The monoisotopic (exact) mass is 276 g/mol. The molecule has 21 heavy (non-hydrogen) atoms. The van der Waals surface area contributed by atoms with E-state index in [0.29, 0.717) is 5.78 Å². The van der Waals surface area contributed by atoms with E-state index in [1.165, 1.54) is 11.1 Å². The summed E-state index contributed by atoms with van der Waals surface area (Å²) >= 11 is 0. The SMILES string of the molecule is O=C1CCCCC1C(=Cc1ccccc1)c1ccccc1. The normalized spacial score (nSPS) is 19.5. The van der Waals surface area contributed by atoms with Crippen molar-refractivity contribution in [3.63, 3.8) is 0 Å². The number of hydrogen-bond acceptors (Lipinski definition) is 1. The highest BCUT2D eigenvalue weighted by molar-refractivity contribution is 5.98. The predicted octanol–water partition coefficient (Wildman–Crippen LogP) is 4.99. The number of benzene rings is 2. The minimum absolute atomic E-state index is 0.0568. The standard InChI is InChI=1S/C20H20O/c21-20-14-8-7-13-18(20)19(17-11-5-2-6-12-17)15-16-9-3-1-4-10-16/h1-6,9-12,15,18H,7-8,13-14H2. The third kappa shape index (κ3) is 3.30. The first-order valence-electron chi connectivity index (χ1n) is 7.69. The summed E-state index contributed by atoms with van der Waals surface area (Å²) in [6.07, 6.45) is 6.08. The summed E-state index contributed by atoms with van der Waals surface area (Å²) in [5, 5.41) is 0. The molecule has 0 heterocycles. The average molecular weight is 276 g/mol. The molecule has 1 fully saturated rings. The summed E-state index contributed by atoms with van der Waals surface area (Å²) < 4.78 is 0. The van der Waals surface area contributed by atoms with Gasteiger partial charge < -0.3 is 0 Å². The Morgan fingerprint density at radius 2 is 1.57 bits per heavy atom. The van der Waals surface area contributed by atoms with Crippen molar-refractivity contribution in [2.75, 3.05) is 0 Å². The molecule has 0 spiro atoms. The first kappa shape index (κ1) is 13.8. The Hall–Kier alpha value is -2.15. The van der Waals surface area contributed by atoms with Crippen LogP contribution in [0.15, 0.2) is 60.7 Å².